The molecular formula is C30H28N6O6. The number of carbonyl (C=O) groups is 4. The van der Waals surface area contributed by atoms with Gasteiger partial charge in [-0.3, -0.25) is 14.4 Å². The first-order valence-corrected chi connectivity index (χ1v) is 12.9. The highest BCUT2D eigenvalue weighted by atomic mass is 16.5. The molecule has 0 aliphatic rings. The standard InChI is InChI=1S/C30H28N6O6/c1-30(2,18-11-6-5-7-12-18)33-28(39)23-17-22-24(42-23)25(34-36(22)29(40)41-4)32-26(37)19-13-8-9-14-20(19)31-27(38)21-15-10-16-35(21)3/h5-17H,1-4H3,(H,31,38)(H,33,39)(H,32,34,37). The summed E-state index contributed by atoms with van der Waals surface area (Å²) < 4.78 is 13.2. The van der Waals surface area contributed by atoms with Crippen LogP contribution in [0.3, 0.4) is 0 Å². The number of benzene rings is 2. The van der Waals surface area contributed by atoms with Crippen molar-refractivity contribution < 1.29 is 28.3 Å². The molecule has 0 radical (unpaired) electrons. The Morgan fingerprint density at radius 3 is 2.29 bits per heavy atom. The Bertz CT molecular complexity index is 1810. The van der Waals surface area contributed by atoms with Crippen LogP contribution in [0.2, 0.25) is 0 Å². The predicted octanol–water partition coefficient (Wildman–Crippen LogP) is 4.75. The Balaban J connectivity index is 1.44. The van der Waals surface area contributed by atoms with E-state index < -0.39 is 29.4 Å². The van der Waals surface area contributed by atoms with Crippen molar-refractivity contribution in [1.82, 2.24) is 19.7 Å². The lowest BCUT2D eigenvalue weighted by atomic mass is 9.94. The summed E-state index contributed by atoms with van der Waals surface area (Å²) in [6, 6.07) is 20.6. The fourth-order valence-corrected chi connectivity index (χ4v) is 4.45. The number of nitrogens with one attached hydrogen (secondary N) is 3. The van der Waals surface area contributed by atoms with Crippen LogP contribution in [0.1, 0.15) is 50.8 Å². The van der Waals surface area contributed by atoms with Gasteiger partial charge in [0.2, 0.25) is 0 Å². The minimum absolute atomic E-state index is 0.0123. The molecule has 12 nitrogen and oxygen atoms in total. The maximum absolute atomic E-state index is 13.4. The van der Waals surface area contributed by atoms with E-state index in [0.29, 0.717) is 5.69 Å². The summed E-state index contributed by atoms with van der Waals surface area (Å²) in [7, 11) is 2.91. The zero-order valence-electron chi connectivity index (χ0n) is 23.3. The number of amides is 3. The summed E-state index contributed by atoms with van der Waals surface area (Å²) >= 11 is 0. The summed E-state index contributed by atoms with van der Waals surface area (Å²) in [5, 5.41) is 12.4. The average molecular weight is 569 g/mol. The molecule has 0 fully saturated rings. The minimum atomic E-state index is -0.854. The van der Waals surface area contributed by atoms with Crippen LogP contribution in [0.25, 0.3) is 11.1 Å². The van der Waals surface area contributed by atoms with Gasteiger partial charge in [0.15, 0.2) is 17.2 Å². The quantitative estimate of drug-likeness (QED) is 0.256. The molecule has 42 heavy (non-hydrogen) atoms. The molecule has 0 saturated carbocycles. The predicted molar refractivity (Wildman–Crippen MR) is 154 cm³/mol. The van der Waals surface area contributed by atoms with Crippen LogP contribution < -0.4 is 16.0 Å². The molecule has 3 heterocycles. The molecule has 0 saturated heterocycles. The van der Waals surface area contributed by atoms with Crippen molar-refractivity contribution in [3.05, 3.63) is 102 Å². The zero-order valence-corrected chi connectivity index (χ0v) is 23.3. The Labute approximate surface area is 240 Å². The maximum Gasteiger partial charge on any atom is 0.435 e. The third-order valence-electron chi connectivity index (χ3n) is 6.68. The molecule has 3 aromatic heterocycles. The average Bonchev–Trinajstić information content (AvgIpc) is 3.69. The van der Waals surface area contributed by atoms with Gasteiger partial charge in [0.25, 0.3) is 17.7 Å². The van der Waals surface area contributed by atoms with Gasteiger partial charge in [0, 0.05) is 19.3 Å². The molecular weight excluding hydrogens is 540 g/mol. The fraction of sp³-hybridized carbons (Fsp3) is 0.167. The van der Waals surface area contributed by atoms with Gasteiger partial charge >= 0.3 is 6.09 Å². The molecule has 5 aromatic rings. The van der Waals surface area contributed by atoms with Crippen LogP contribution in [0.5, 0.6) is 0 Å². The highest BCUT2D eigenvalue weighted by Crippen LogP contribution is 2.29. The van der Waals surface area contributed by atoms with Gasteiger partial charge in [-0.05, 0) is 43.7 Å². The number of hydrogen-bond acceptors (Lipinski definition) is 7. The third kappa shape index (κ3) is 5.37. The minimum Gasteiger partial charge on any atom is -0.451 e. The summed E-state index contributed by atoms with van der Waals surface area (Å²) in [5.74, 6) is -1.80. The summed E-state index contributed by atoms with van der Waals surface area (Å²) in [6.45, 7) is 3.69. The number of fused-ring (bicyclic) bond motifs is 1. The SMILES string of the molecule is COC(=O)n1nc(NC(=O)c2ccccc2NC(=O)c2cccn2C)c2oc(C(=O)NC(C)(C)c3ccccc3)cc21. The van der Waals surface area contributed by atoms with E-state index in [4.69, 9.17) is 9.15 Å². The van der Waals surface area contributed by atoms with Gasteiger partial charge in [-0.25, -0.2) is 4.79 Å². The Kier molecular flexibility index (Phi) is 7.36. The van der Waals surface area contributed by atoms with Gasteiger partial charge in [-0.15, -0.1) is 5.10 Å². The molecule has 12 heteroatoms. The van der Waals surface area contributed by atoms with Gasteiger partial charge in [0.1, 0.15) is 11.2 Å². The van der Waals surface area contributed by atoms with Gasteiger partial charge in [0.05, 0.1) is 23.9 Å². The number of carbonyl (C=O) groups excluding carboxylic acids is 4. The molecule has 3 amide bonds. The second kappa shape index (κ2) is 11.1. The van der Waals surface area contributed by atoms with E-state index in [2.05, 4.69) is 21.0 Å². The number of para-hydroxylation sites is 1. The van der Waals surface area contributed by atoms with Crippen LogP contribution in [0.15, 0.2) is 83.4 Å². The molecule has 5 rings (SSSR count). The molecule has 3 N–H and O–H groups in total. The fourth-order valence-electron chi connectivity index (χ4n) is 4.45. The molecule has 2 aromatic carbocycles. The van der Waals surface area contributed by atoms with Gasteiger partial charge in [-0.1, -0.05) is 42.5 Å². The summed E-state index contributed by atoms with van der Waals surface area (Å²) in [6.07, 6.45) is 0.879. The smallest absolute Gasteiger partial charge is 0.435 e. The molecule has 0 unspecified atom stereocenters. The van der Waals surface area contributed by atoms with E-state index >= 15 is 0 Å². The van der Waals surface area contributed by atoms with Crippen LogP contribution in [-0.4, -0.2) is 45.3 Å². The first-order chi connectivity index (χ1) is 20.1. The highest BCUT2D eigenvalue weighted by Gasteiger charge is 2.29. The van der Waals surface area contributed by atoms with Gasteiger partial charge in [-0.2, -0.15) is 4.68 Å². The molecule has 0 spiro atoms. The lowest BCUT2D eigenvalue weighted by Gasteiger charge is -2.26. The normalized spacial score (nSPS) is 11.2. The molecule has 214 valence electrons. The molecule has 0 aliphatic carbocycles. The number of aromatic nitrogens is 3. The number of anilines is 2. The summed E-state index contributed by atoms with van der Waals surface area (Å²) in [5.41, 5.74) is 1.03. The second-order valence-electron chi connectivity index (χ2n) is 9.96. The van der Waals surface area contributed by atoms with Crippen LogP contribution in [0.4, 0.5) is 16.3 Å². The number of aryl methyl sites for hydroxylation is 1. The van der Waals surface area contributed by atoms with Crippen molar-refractivity contribution in [3.8, 4) is 0 Å². The molecule has 0 aliphatic heterocycles. The van der Waals surface area contributed by atoms with E-state index in [1.165, 1.54) is 19.2 Å². The van der Waals surface area contributed by atoms with Crippen LogP contribution >= 0.6 is 0 Å². The first kappa shape index (κ1) is 27.9. The molecule has 0 bridgehead atoms. The number of rotatable bonds is 7. The number of hydrogen-bond donors (Lipinski definition) is 3. The second-order valence-corrected chi connectivity index (χ2v) is 9.96. The Morgan fingerprint density at radius 1 is 0.881 bits per heavy atom. The topological polar surface area (TPSA) is 149 Å². The summed E-state index contributed by atoms with van der Waals surface area (Å²) in [4.78, 5) is 51.9. The Morgan fingerprint density at radius 2 is 1.60 bits per heavy atom. The number of furan rings is 1. The van der Waals surface area contributed by atoms with Crippen molar-refractivity contribution in [2.45, 2.75) is 19.4 Å². The van der Waals surface area contributed by atoms with E-state index in [-0.39, 0.29) is 33.9 Å². The van der Waals surface area contributed by atoms with Crippen LogP contribution in [-0.2, 0) is 17.3 Å². The van der Waals surface area contributed by atoms with Gasteiger partial charge < -0.3 is 29.7 Å². The lowest BCUT2D eigenvalue weighted by molar-refractivity contribution is 0.0885. The van der Waals surface area contributed by atoms with Crippen molar-refractivity contribution in [2.75, 3.05) is 17.7 Å². The largest absolute Gasteiger partial charge is 0.451 e. The first-order valence-electron chi connectivity index (χ1n) is 12.9. The Hall–Kier alpha value is -5.65. The third-order valence-corrected chi connectivity index (χ3v) is 6.68. The number of methoxy groups -OCH3 is 1. The van der Waals surface area contributed by atoms with E-state index in [1.54, 1.807) is 48.1 Å². The number of nitrogens with zero attached hydrogens (tertiary/aromatic N) is 3. The van der Waals surface area contributed by atoms with Crippen LogP contribution in [0, 0.1) is 0 Å². The van der Waals surface area contributed by atoms with E-state index in [1.807, 2.05) is 44.2 Å². The van der Waals surface area contributed by atoms with E-state index in [0.717, 1.165) is 10.2 Å². The highest BCUT2D eigenvalue weighted by molar-refractivity contribution is 6.14. The van der Waals surface area contributed by atoms with Crippen molar-refractivity contribution in [1.29, 1.82) is 0 Å². The number of ether oxygens (including phenoxy) is 1. The van der Waals surface area contributed by atoms with Crippen molar-refractivity contribution >= 4 is 46.4 Å². The lowest BCUT2D eigenvalue weighted by Crippen LogP contribution is -2.40. The van der Waals surface area contributed by atoms with Crippen molar-refractivity contribution in [3.63, 3.8) is 0 Å². The zero-order chi connectivity index (χ0) is 30.0. The monoisotopic (exact) mass is 568 g/mol. The molecule has 0 atom stereocenters. The maximum atomic E-state index is 13.4. The van der Waals surface area contributed by atoms with Crippen molar-refractivity contribution in [2.24, 2.45) is 7.05 Å². The van der Waals surface area contributed by atoms with E-state index in [9.17, 15) is 19.2 Å².